The number of nitrogens with zero attached hydrogens (tertiary/aromatic N) is 2. The Hall–Kier alpha value is -2.77. The lowest BCUT2D eigenvalue weighted by atomic mass is 10.2. The van der Waals surface area contributed by atoms with Gasteiger partial charge in [-0.15, -0.1) is 0 Å². The van der Waals surface area contributed by atoms with Crippen molar-refractivity contribution >= 4 is 22.8 Å². The van der Waals surface area contributed by atoms with Gasteiger partial charge < -0.3 is 5.32 Å². The molecule has 0 aliphatic rings. The van der Waals surface area contributed by atoms with Crippen molar-refractivity contribution in [1.29, 1.82) is 0 Å². The average Bonchev–Trinajstić information content (AvgIpc) is 2.42. The summed E-state index contributed by atoms with van der Waals surface area (Å²) in [7, 11) is 0. The molecule has 0 fully saturated rings. The molecule has 3 amide bonds. The number of imide groups is 1. The Kier molecular flexibility index (Phi) is 4.27. The molecule has 0 aliphatic carbocycles. The molecule has 2 rings (SSSR count). The van der Waals surface area contributed by atoms with E-state index in [4.69, 9.17) is 0 Å². The van der Waals surface area contributed by atoms with Gasteiger partial charge in [0.05, 0.1) is 17.2 Å². The molecule has 1 aromatic heterocycles. The number of urea groups is 1. The third-order valence-corrected chi connectivity index (χ3v) is 2.69. The van der Waals surface area contributed by atoms with Crippen LogP contribution in [0.3, 0.4) is 0 Å². The monoisotopic (exact) mass is 292 g/mol. The van der Waals surface area contributed by atoms with Crippen molar-refractivity contribution in [1.82, 2.24) is 20.2 Å². The van der Waals surface area contributed by atoms with E-state index >= 15 is 0 Å². The molecule has 0 atom stereocenters. The normalized spacial score (nSPS) is 10.4. The van der Waals surface area contributed by atoms with E-state index < -0.39 is 23.3 Å². The smallest absolute Gasteiger partial charge is 0.321 e. The molecule has 0 saturated carbocycles. The van der Waals surface area contributed by atoms with Crippen LogP contribution in [0.4, 0.5) is 9.18 Å². The Morgan fingerprint density at radius 2 is 2.14 bits per heavy atom. The lowest BCUT2D eigenvalue weighted by Gasteiger charge is -2.07. The van der Waals surface area contributed by atoms with Gasteiger partial charge in [0.1, 0.15) is 12.4 Å². The highest BCUT2D eigenvalue weighted by Crippen LogP contribution is 2.08. The van der Waals surface area contributed by atoms with Crippen molar-refractivity contribution in [2.45, 2.75) is 13.5 Å². The van der Waals surface area contributed by atoms with Gasteiger partial charge >= 0.3 is 6.03 Å². The van der Waals surface area contributed by atoms with E-state index in [2.05, 4.69) is 15.6 Å². The van der Waals surface area contributed by atoms with Gasteiger partial charge in [0.2, 0.25) is 5.91 Å². The first-order valence-electron chi connectivity index (χ1n) is 6.23. The number of carbonyl (C=O) groups excluding carboxylic acids is 2. The zero-order valence-electron chi connectivity index (χ0n) is 11.2. The first kappa shape index (κ1) is 14.6. The van der Waals surface area contributed by atoms with Gasteiger partial charge in [-0.1, -0.05) is 0 Å². The topological polar surface area (TPSA) is 93.1 Å². The number of halogens is 1. The molecule has 2 aromatic rings. The summed E-state index contributed by atoms with van der Waals surface area (Å²) in [6, 6.07) is 2.95. The molecular formula is C13H13FN4O3. The van der Waals surface area contributed by atoms with Crippen LogP contribution in [0.2, 0.25) is 0 Å². The number of carbonyl (C=O) groups is 2. The number of fused-ring (bicyclic) bond motifs is 1. The zero-order chi connectivity index (χ0) is 15.4. The largest absolute Gasteiger partial charge is 0.338 e. The molecule has 0 radical (unpaired) electrons. The number of rotatable bonds is 3. The van der Waals surface area contributed by atoms with Crippen molar-refractivity contribution in [2.24, 2.45) is 0 Å². The maximum atomic E-state index is 13.0. The Balaban J connectivity index is 2.21. The number of hydrogen-bond acceptors (Lipinski definition) is 4. The predicted molar refractivity (Wildman–Crippen MR) is 73.2 cm³/mol. The van der Waals surface area contributed by atoms with E-state index in [0.29, 0.717) is 6.54 Å². The van der Waals surface area contributed by atoms with E-state index in [9.17, 15) is 18.8 Å². The van der Waals surface area contributed by atoms with Gasteiger partial charge in [0, 0.05) is 12.6 Å². The Morgan fingerprint density at radius 3 is 2.86 bits per heavy atom. The molecule has 21 heavy (non-hydrogen) atoms. The highest BCUT2D eigenvalue weighted by Gasteiger charge is 2.10. The summed E-state index contributed by atoms with van der Waals surface area (Å²) < 4.78 is 14.1. The van der Waals surface area contributed by atoms with Crippen molar-refractivity contribution in [3.63, 3.8) is 0 Å². The molecule has 8 heteroatoms. The van der Waals surface area contributed by atoms with Gasteiger partial charge in [0.25, 0.3) is 5.56 Å². The molecule has 2 N–H and O–H groups in total. The van der Waals surface area contributed by atoms with E-state index in [1.165, 1.54) is 6.07 Å². The lowest BCUT2D eigenvalue weighted by molar-refractivity contribution is -0.120. The molecule has 0 bridgehead atoms. The molecule has 0 spiro atoms. The maximum absolute atomic E-state index is 13.0. The summed E-state index contributed by atoms with van der Waals surface area (Å²) in [4.78, 5) is 38.8. The van der Waals surface area contributed by atoms with Crippen LogP contribution >= 0.6 is 0 Å². The molecule has 0 unspecified atom stereocenters. The second-order valence-electron chi connectivity index (χ2n) is 4.25. The predicted octanol–water partition coefficient (Wildman–Crippen LogP) is 0.381. The highest BCUT2D eigenvalue weighted by atomic mass is 19.1. The van der Waals surface area contributed by atoms with Crippen LogP contribution < -0.4 is 16.2 Å². The number of nitrogens with one attached hydrogen (secondary N) is 2. The van der Waals surface area contributed by atoms with Crippen LogP contribution in [0.25, 0.3) is 10.9 Å². The number of aromatic nitrogens is 2. The van der Waals surface area contributed by atoms with E-state index in [1.807, 2.05) is 0 Å². The zero-order valence-corrected chi connectivity index (χ0v) is 11.2. The van der Waals surface area contributed by atoms with Crippen LogP contribution in [0.1, 0.15) is 6.92 Å². The second-order valence-corrected chi connectivity index (χ2v) is 4.25. The summed E-state index contributed by atoms with van der Waals surface area (Å²) in [5.74, 6) is -1.15. The third kappa shape index (κ3) is 3.41. The fourth-order valence-corrected chi connectivity index (χ4v) is 1.77. The molecule has 1 aromatic carbocycles. The fourth-order valence-electron chi connectivity index (χ4n) is 1.77. The van der Waals surface area contributed by atoms with E-state index in [-0.39, 0.29) is 17.4 Å². The number of amides is 3. The van der Waals surface area contributed by atoms with E-state index in [0.717, 1.165) is 23.0 Å². The summed E-state index contributed by atoms with van der Waals surface area (Å²) in [6.07, 6.45) is 1.14. The molecule has 110 valence electrons. The molecule has 0 aliphatic heterocycles. The number of benzene rings is 1. The lowest BCUT2D eigenvalue weighted by Crippen LogP contribution is -2.42. The first-order valence-corrected chi connectivity index (χ1v) is 6.23. The minimum atomic E-state index is -0.647. The summed E-state index contributed by atoms with van der Waals surface area (Å²) in [6.45, 7) is 1.74. The van der Waals surface area contributed by atoms with Gasteiger partial charge in [-0.05, 0) is 19.1 Å². The second kappa shape index (κ2) is 6.12. The van der Waals surface area contributed by atoms with Gasteiger partial charge in [-0.2, -0.15) is 0 Å². The fraction of sp³-hybridized carbons (Fsp3) is 0.231. The van der Waals surface area contributed by atoms with E-state index in [1.54, 1.807) is 6.92 Å². The Labute approximate surface area is 118 Å². The summed E-state index contributed by atoms with van der Waals surface area (Å²) in [5, 5.41) is 4.67. The average molecular weight is 292 g/mol. The molecule has 0 saturated heterocycles. The number of hydrogen-bond donors (Lipinski definition) is 2. The highest BCUT2D eigenvalue weighted by molar-refractivity contribution is 5.94. The van der Waals surface area contributed by atoms with Crippen LogP contribution in [0.5, 0.6) is 0 Å². The third-order valence-electron chi connectivity index (χ3n) is 2.69. The molecule has 1 heterocycles. The van der Waals surface area contributed by atoms with Gasteiger partial charge in [-0.3, -0.25) is 19.5 Å². The van der Waals surface area contributed by atoms with Crippen molar-refractivity contribution < 1.29 is 14.0 Å². The summed E-state index contributed by atoms with van der Waals surface area (Å²) in [5.41, 5.74) is -0.272. The summed E-state index contributed by atoms with van der Waals surface area (Å²) >= 11 is 0. The molecular weight excluding hydrogens is 279 g/mol. The standard InChI is InChI=1S/C13H13FN4O3/c1-2-15-13(21)17-11(19)6-18-7-16-10-5-8(14)3-4-9(10)12(18)20/h3-5,7H,2,6H2,1H3,(H2,15,17,19,21). The molecule has 7 nitrogen and oxygen atoms in total. The van der Waals surface area contributed by atoms with Gasteiger partial charge in [-0.25, -0.2) is 14.2 Å². The Bertz CT molecular complexity index is 757. The quantitative estimate of drug-likeness (QED) is 0.855. The Morgan fingerprint density at radius 1 is 1.38 bits per heavy atom. The van der Waals surface area contributed by atoms with Crippen molar-refractivity contribution in [3.05, 3.63) is 40.7 Å². The minimum absolute atomic E-state index is 0.199. The van der Waals surface area contributed by atoms with Crippen LogP contribution in [-0.4, -0.2) is 28.0 Å². The van der Waals surface area contributed by atoms with Crippen LogP contribution in [0.15, 0.2) is 29.3 Å². The maximum Gasteiger partial charge on any atom is 0.321 e. The van der Waals surface area contributed by atoms with Crippen molar-refractivity contribution in [3.8, 4) is 0 Å². The van der Waals surface area contributed by atoms with Crippen LogP contribution in [0, 0.1) is 5.82 Å². The van der Waals surface area contributed by atoms with Crippen molar-refractivity contribution in [2.75, 3.05) is 6.54 Å². The SMILES string of the molecule is CCNC(=O)NC(=O)Cn1cnc2cc(F)ccc2c1=O. The minimum Gasteiger partial charge on any atom is -0.338 e. The van der Waals surface area contributed by atoms with Gasteiger partial charge in [0.15, 0.2) is 0 Å². The van der Waals surface area contributed by atoms with Crippen LogP contribution in [-0.2, 0) is 11.3 Å². The first-order chi connectivity index (χ1) is 10.0.